The highest BCUT2D eigenvalue weighted by Crippen LogP contribution is 2.30. The van der Waals surface area contributed by atoms with E-state index in [0.717, 1.165) is 6.42 Å². The maximum absolute atomic E-state index is 11.0. The fraction of sp³-hybridized carbons (Fsp3) is 0.571. The van der Waals surface area contributed by atoms with Gasteiger partial charge >= 0.3 is 5.69 Å². The molecule has 112 valence electrons. The molecule has 0 amide bonds. The number of aliphatic hydroxyl groups excluding tert-OH is 1. The van der Waals surface area contributed by atoms with Crippen LogP contribution in [-0.4, -0.2) is 23.2 Å². The molecule has 20 heavy (non-hydrogen) atoms. The molecule has 0 unspecified atom stereocenters. The van der Waals surface area contributed by atoms with Crippen LogP contribution in [0.4, 0.5) is 5.69 Å². The molecule has 0 bridgehead atoms. The summed E-state index contributed by atoms with van der Waals surface area (Å²) in [5, 5.41) is 21.0. The summed E-state index contributed by atoms with van der Waals surface area (Å²) in [5.74, 6) is 0.657. The predicted molar refractivity (Wildman–Crippen MR) is 76.7 cm³/mol. The molecule has 1 rings (SSSR count). The fourth-order valence-corrected chi connectivity index (χ4v) is 1.96. The summed E-state index contributed by atoms with van der Waals surface area (Å²) in [6.07, 6.45) is 0.705. The first-order chi connectivity index (χ1) is 9.36. The Morgan fingerprint density at radius 3 is 2.55 bits per heavy atom. The second kappa shape index (κ2) is 7.21. The van der Waals surface area contributed by atoms with Crippen molar-refractivity contribution in [2.75, 3.05) is 7.11 Å². The first kappa shape index (κ1) is 16.4. The molecule has 3 N–H and O–H groups in total. The van der Waals surface area contributed by atoms with Gasteiger partial charge < -0.3 is 15.6 Å². The average molecular weight is 282 g/mol. The van der Waals surface area contributed by atoms with Gasteiger partial charge in [0.05, 0.1) is 24.2 Å². The minimum absolute atomic E-state index is 0.142. The number of aliphatic hydroxyl groups is 1. The number of nitro benzene ring substituents is 1. The van der Waals surface area contributed by atoms with Gasteiger partial charge in [-0.1, -0.05) is 19.9 Å². The van der Waals surface area contributed by atoms with E-state index in [4.69, 9.17) is 10.5 Å². The van der Waals surface area contributed by atoms with E-state index < -0.39 is 17.1 Å². The van der Waals surface area contributed by atoms with Crippen LogP contribution in [0.5, 0.6) is 5.75 Å². The quantitative estimate of drug-likeness (QED) is 0.591. The second-order valence-electron chi connectivity index (χ2n) is 5.25. The number of nitro groups is 1. The van der Waals surface area contributed by atoms with Crippen molar-refractivity contribution in [3.8, 4) is 5.75 Å². The molecule has 1 aromatic carbocycles. The number of hydrogen-bond donors (Lipinski definition) is 2. The van der Waals surface area contributed by atoms with E-state index in [1.807, 2.05) is 0 Å². The SMILES string of the molecule is COc1ccc([C@@H](N)[C@@H](O)CCC(C)C)cc1[N+](=O)[O-]. The van der Waals surface area contributed by atoms with Crippen molar-refractivity contribution in [2.24, 2.45) is 11.7 Å². The van der Waals surface area contributed by atoms with Crippen molar-refractivity contribution in [2.45, 2.75) is 38.8 Å². The zero-order chi connectivity index (χ0) is 15.3. The molecule has 0 heterocycles. The molecule has 0 aliphatic rings. The summed E-state index contributed by atoms with van der Waals surface area (Å²) in [7, 11) is 1.37. The molecule has 0 radical (unpaired) electrons. The second-order valence-corrected chi connectivity index (χ2v) is 5.25. The van der Waals surface area contributed by atoms with Gasteiger partial charge in [-0.2, -0.15) is 0 Å². The van der Waals surface area contributed by atoms with Gasteiger partial charge in [0.15, 0.2) is 5.75 Å². The first-order valence-electron chi connectivity index (χ1n) is 6.62. The maximum atomic E-state index is 11.0. The average Bonchev–Trinajstić information content (AvgIpc) is 2.42. The van der Waals surface area contributed by atoms with E-state index in [1.54, 1.807) is 6.07 Å². The van der Waals surface area contributed by atoms with E-state index in [1.165, 1.54) is 19.2 Å². The van der Waals surface area contributed by atoms with Crippen molar-refractivity contribution in [3.05, 3.63) is 33.9 Å². The predicted octanol–water partition coefficient (Wildman–Crippen LogP) is 2.40. The molecule has 6 nitrogen and oxygen atoms in total. The van der Waals surface area contributed by atoms with Crippen molar-refractivity contribution in [3.63, 3.8) is 0 Å². The summed E-state index contributed by atoms with van der Waals surface area (Å²) in [4.78, 5) is 10.4. The molecule has 1 aromatic rings. The van der Waals surface area contributed by atoms with Gasteiger partial charge in [0.2, 0.25) is 0 Å². The van der Waals surface area contributed by atoms with E-state index in [-0.39, 0.29) is 11.4 Å². The van der Waals surface area contributed by atoms with Gasteiger partial charge in [-0.05, 0) is 30.4 Å². The van der Waals surface area contributed by atoms with Crippen molar-refractivity contribution in [1.29, 1.82) is 0 Å². The van der Waals surface area contributed by atoms with Gasteiger partial charge in [0, 0.05) is 6.07 Å². The Bertz CT molecular complexity index is 462. The standard InChI is InChI=1S/C14H22N2O4/c1-9(2)4-6-12(17)14(15)10-5-7-13(20-3)11(8-10)16(18)19/h5,7-9,12,14,17H,4,6,15H2,1-3H3/t12-,14+/m0/s1. The fourth-order valence-electron chi connectivity index (χ4n) is 1.96. The van der Waals surface area contributed by atoms with Crippen LogP contribution in [0.2, 0.25) is 0 Å². The summed E-state index contributed by atoms with van der Waals surface area (Å²) in [6, 6.07) is 3.87. The molecule has 0 fully saturated rings. The summed E-state index contributed by atoms with van der Waals surface area (Å²) in [5.41, 5.74) is 6.37. The Kier molecular flexibility index (Phi) is 5.91. The smallest absolute Gasteiger partial charge is 0.311 e. The van der Waals surface area contributed by atoms with Crippen LogP contribution in [-0.2, 0) is 0 Å². The van der Waals surface area contributed by atoms with Crippen LogP contribution in [0, 0.1) is 16.0 Å². The van der Waals surface area contributed by atoms with Gasteiger partial charge in [-0.3, -0.25) is 10.1 Å². The Morgan fingerprint density at radius 2 is 2.05 bits per heavy atom. The molecule has 0 aliphatic carbocycles. The summed E-state index contributed by atoms with van der Waals surface area (Å²) in [6.45, 7) is 4.13. The third-order valence-corrected chi connectivity index (χ3v) is 3.24. The van der Waals surface area contributed by atoms with Crippen LogP contribution in [0.15, 0.2) is 18.2 Å². The van der Waals surface area contributed by atoms with E-state index >= 15 is 0 Å². The largest absolute Gasteiger partial charge is 0.490 e. The Morgan fingerprint density at radius 1 is 1.40 bits per heavy atom. The molecule has 0 saturated heterocycles. The zero-order valence-electron chi connectivity index (χ0n) is 12.1. The Labute approximate surface area is 118 Å². The number of benzene rings is 1. The zero-order valence-corrected chi connectivity index (χ0v) is 12.1. The van der Waals surface area contributed by atoms with Crippen LogP contribution >= 0.6 is 0 Å². The minimum Gasteiger partial charge on any atom is -0.490 e. The number of nitrogens with zero attached hydrogens (tertiary/aromatic N) is 1. The third-order valence-electron chi connectivity index (χ3n) is 3.24. The Hall–Kier alpha value is -1.66. The van der Waals surface area contributed by atoms with Crippen molar-refractivity contribution in [1.82, 2.24) is 0 Å². The first-order valence-corrected chi connectivity index (χ1v) is 6.62. The monoisotopic (exact) mass is 282 g/mol. The lowest BCUT2D eigenvalue weighted by Gasteiger charge is -2.20. The number of ether oxygens (including phenoxy) is 1. The molecule has 0 aromatic heterocycles. The third kappa shape index (κ3) is 4.18. The topological polar surface area (TPSA) is 98.6 Å². The lowest BCUT2D eigenvalue weighted by molar-refractivity contribution is -0.385. The van der Waals surface area contributed by atoms with Gasteiger partial charge in [-0.25, -0.2) is 0 Å². The molecule has 2 atom stereocenters. The van der Waals surface area contributed by atoms with Gasteiger partial charge in [-0.15, -0.1) is 0 Å². The van der Waals surface area contributed by atoms with Gasteiger partial charge in [0.1, 0.15) is 0 Å². The van der Waals surface area contributed by atoms with Gasteiger partial charge in [0.25, 0.3) is 0 Å². The highest BCUT2D eigenvalue weighted by atomic mass is 16.6. The van der Waals surface area contributed by atoms with Crippen molar-refractivity contribution >= 4 is 5.69 Å². The lowest BCUT2D eigenvalue weighted by Crippen LogP contribution is -2.26. The number of rotatable bonds is 7. The van der Waals surface area contributed by atoms with Crippen LogP contribution in [0.1, 0.15) is 38.3 Å². The van der Waals surface area contributed by atoms with Crippen LogP contribution < -0.4 is 10.5 Å². The van der Waals surface area contributed by atoms with E-state index in [9.17, 15) is 15.2 Å². The van der Waals surface area contributed by atoms with E-state index in [2.05, 4.69) is 13.8 Å². The molecule has 0 saturated carbocycles. The summed E-state index contributed by atoms with van der Waals surface area (Å²) >= 11 is 0. The highest BCUT2D eigenvalue weighted by Gasteiger charge is 2.22. The number of nitrogens with two attached hydrogens (primary N) is 1. The highest BCUT2D eigenvalue weighted by molar-refractivity contribution is 5.49. The maximum Gasteiger partial charge on any atom is 0.311 e. The Balaban J connectivity index is 2.90. The molecule has 0 aliphatic heterocycles. The lowest BCUT2D eigenvalue weighted by atomic mass is 9.95. The minimum atomic E-state index is -0.717. The number of hydrogen-bond acceptors (Lipinski definition) is 5. The normalized spacial score (nSPS) is 14.1. The van der Waals surface area contributed by atoms with Crippen LogP contribution in [0.25, 0.3) is 0 Å². The molecule has 6 heteroatoms. The number of methoxy groups -OCH3 is 1. The molecular weight excluding hydrogens is 260 g/mol. The van der Waals surface area contributed by atoms with E-state index in [0.29, 0.717) is 17.9 Å². The summed E-state index contributed by atoms with van der Waals surface area (Å²) < 4.78 is 4.94. The van der Waals surface area contributed by atoms with Crippen molar-refractivity contribution < 1.29 is 14.8 Å². The molecule has 0 spiro atoms. The molecular formula is C14H22N2O4. The van der Waals surface area contributed by atoms with Crippen LogP contribution in [0.3, 0.4) is 0 Å².